The van der Waals surface area contributed by atoms with Gasteiger partial charge in [0.2, 0.25) is 5.91 Å². The third kappa shape index (κ3) is 4.85. The van der Waals surface area contributed by atoms with Gasteiger partial charge in [0, 0.05) is 56.8 Å². The fourth-order valence-corrected chi connectivity index (χ4v) is 3.13. The van der Waals surface area contributed by atoms with Crippen molar-refractivity contribution < 1.29 is 9.53 Å². The first kappa shape index (κ1) is 17.5. The van der Waals surface area contributed by atoms with E-state index in [0.717, 1.165) is 30.8 Å². The van der Waals surface area contributed by atoms with Crippen molar-refractivity contribution >= 4 is 5.91 Å². The lowest BCUT2D eigenvalue weighted by Gasteiger charge is -2.33. The minimum atomic E-state index is 0.0760. The highest BCUT2D eigenvalue weighted by Crippen LogP contribution is 2.13. The van der Waals surface area contributed by atoms with Crippen LogP contribution in [0.2, 0.25) is 0 Å². The molecule has 2 aromatic rings. The molecule has 1 amide bonds. The molecule has 1 unspecified atom stereocenters. The summed E-state index contributed by atoms with van der Waals surface area (Å²) in [5.74, 6) is 1.21. The summed E-state index contributed by atoms with van der Waals surface area (Å²) in [5.41, 5.74) is 1.01. The Bertz CT molecular complexity index is 673. The van der Waals surface area contributed by atoms with Crippen LogP contribution in [-0.4, -0.2) is 56.1 Å². The quantitative estimate of drug-likeness (QED) is 0.761. The summed E-state index contributed by atoms with van der Waals surface area (Å²) >= 11 is 0. The molecule has 1 aliphatic heterocycles. The first-order valence-corrected chi connectivity index (χ1v) is 8.90. The summed E-state index contributed by atoms with van der Waals surface area (Å²) in [5, 5.41) is 0. The van der Waals surface area contributed by atoms with Gasteiger partial charge in [0.05, 0.1) is 12.7 Å². The van der Waals surface area contributed by atoms with Gasteiger partial charge in [0.15, 0.2) is 0 Å². The predicted molar refractivity (Wildman–Crippen MR) is 92.9 cm³/mol. The molecule has 1 fully saturated rings. The van der Waals surface area contributed by atoms with Crippen LogP contribution in [0.15, 0.2) is 31.0 Å². The number of hydrogen-bond acceptors (Lipinski definition) is 5. The number of carbonyl (C=O) groups excluding carboxylic acids is 1. The van der Waals surface area contributed by atoms with Gasteiger partial charge in [-0.25, -0.2) is 15.0 Å². The molecular formula is C18H25N5O2. The van der Waals surface area contributed by atoms with Crippen LogP contribution in [0.1, 0.15) is 31.3 Å². The van der Waals surface area contributed by atoms with E-state index in [1.807, 2.05) is 17.2 Å². The molecule has 134 valence electrons. The molecule has 1 saturated heterocycles. The maximum atomic E-state index is 12.5. The lowest BCUT2D eigenvalue weighted by atomic mass is 10.1. The molecule has 0 spiro atoms. The zero-order chi connectivity index (χ0) is 17.5. The van der Waals surface area contributed by atoms with E-state index in [1.54, 1.807) is 18.7 Å². The molecule has 0 N–H and O–H groups in total. The van der Waals surface area contributed by atoms with Gasteiger partial charge in [0.1, 0.15) is 12.2 Å². The zero-order valence-corrected chi connectivity index (χ0v) is 14.7. The Morgan fingerprint density at radius 1 is 1.36 bits per heavy atom. The maximum absolute atomic E-state index is 12.5. The van der Waals surface area contributed by atoms with Crippen LogP contribution in [-0.2, 0) is 28.9 Å². The van der Waals surface area contributed by atoms with Crippen molar-refractivity contribution in [1.82, 2.24) is 24.4 Å². The molecule has 0 aliphatic carbocycles. The number of morpholine rings is 1. The molecule has 0 saturated carbocycles. The Kier molecular flexibility index (Phi) is 6.11. The number of carbonyl (C=O) groups is 1. The highest BCUT2D eigenvalue weighted by molar-refractivity contribution is 5.76. The van der Waals surface area contributed by atoms with Gasteiger partial charge in [-0.2, -0.15) is 0 Å². The number of amides is 1. The van der Waals surface area contributed by atoms with E-state index in [1.165, 1.54) is 0 Å². The summed E-state index contributed by atoms with van der Waals surface area (Å²) in [6.07, 6.45) is 10.2. The number of hydrogen-bond donors (Lipinski definition) is 0. The number of aromatic nitrogens is 4. The molecule has 25 heavy (non-hydrogen) atoms. The van der Waals surface area contributed by atoms with Crippen molar-refractivity contribution in [2.45, 2.75) is 45.3 Å². The molecule has 1 aliphatic rings. The predicted octanol–water partition coefficient (Wildman–Crippen LogP) is 1.49. The SMILES string of the molecule is CCc1nccn1CCC(=O)N1CCOC(CCc2ccncn2)C1. The Morgan fingerprint density at radius 2 is 2.28 bits per heavy atom. The van der Waals surface area contributed by atoms with Gasteiger partial charge < -0.3 is 14.2 Å². The number of imidazole rings is 1. The van der Waals surface area contributed by atoms with Crippen molar-refractivity contribution in [1.29, 1.82) is 0 Å². The monoisotopic (exact) mass is 343 g/mol. The van der Waals surface area contributed by atoms with Crippen LogP contribution in [0, 0.1) is 0 Å². The molecule has 3 heterocycles. The first-order chi connectivity index (χ1) is 12.3. The Balaban J connectivity index is 1.46. The van der Waals surface area contributed by atoms with Crippen LogP contribution >= 0.6 is 0 Å². The molecule has 0 radical (unpaired) electrons. The average molecular weight is 343 g/mol. The fourth-order valence-electron chi connectivity index (χ4n) is 3.13. The lowest BCUT2D eigenvalue weighted by molar-refractivity contribution is -0.139. The maximum Gasteiger partial charge on any atom is 0.224 e. The second-order valence-corrected chi connectivity index (χ2v) is 6.21. The van der Waals surface area contributed by atoms with Crippen molar-refractivity contribution in [3.05, 3.63) is 42.5 Å². The fraction of sp³-hybridized carbons (Fsp3) is 0.556. The second-order valence-electron chi connectivity index (χ2n) is 6.21. The largest absolute Gasteiger partial charge is 0.375 e. The van der Waals surface area contributed by atoms with E-state index in [4.69, 9.17) is 4.74 Å². The summed E-state index contributed by atoms with van der Waals surface area (Å²) < 4.78 is 7.87. The Morgan fingerprint density at radius 3 is 3.08 bits per heavy atom. The zero-order valence-electron chi connectivity index (χ0n) is 14.7. The van der Waals surface area contributed by atoms with Crippen LogP contribution in [0.4, 0.5) is 0 Å². The smallest absolute Gasteiger partial charge is 0.224 e. The van der Waals surface area contributed by atoms with Crippen molar-refractivity contribution in [3.8, 4) is 0 Å². The molecule has 2 aromatic heterocycles. The Labute approximate surface area is 148 Å². The second kappa shape index (κ2) is 8.71. The third-order valence-corrected chi connectivity index (χ3v) is 4.54. The van der Waals surface area contributed by atoms with E-state index in [9.17, 15) is 4.79 Å². The minimum Gasteiger partial charge on any atom is -0.375 e. The van der Waals surface area contributed by atoms with Gasteiger partial charge in [-0.05, 0) is 18.9 Å². The van der Waals surface area contributed by atoms with E-state index in [0.29, 0.717) is 32.7 Å². The normalized spacial score (nSPS) is 17.6. The number of rotatable bonds is 7. The summed E-state index contributed by atoms with van der Waals surface area (Å²) in [4.78, 5) is 26.9. The first-order valence-electron chi connectivity index (χ1n) is 8.90. The Hall–Kier alpha value is -2.28. The van der Waals surface area contributed by atoms with Crippen LogP contribution in [0.25, 0.3) is 0 Å². The van der Waals surface area contributed by atoms with Crippen LogP contribution in [0.5, 0.6) is 0 Å². The lowest BCUT2D eigenvalue weighted by Crippen LogP contribution is -2.46. The minimum absolute atomic E-state index is 0.0760. The molecule has 3 rings (SSSR count). The van der Waals surface area contributed by atoms with Gasteiger partial charge >= 0.3 is 0 Å². The molecule has 1 atom stereocenters. The van der Waals surface area contributed by atoms with E-state index in [2.05, 4.69) is 26.4 Å². The van der Waals surface area contributed by atoms with Crippen LogP contribution < -0.4 is 0 Å². The van der Waals surface area contributed by atoms with E-state index >= 15 is 0 Å². The topological polar surface area (TPSA) is 73.1 Å². The van der Waals surface area contributed by atoms with E-state index in [-0.39, 0.29) is 12.0 Å². The molecule has 7 heteroatoms. The molecule has 0 bridgehead atoms. The number of ether oxygens (including phenoxy) is 1. The highest BCUT2D eigenvalue weighted by Gasteiger charge is 2.24. The van der Waals surface area contributed by atoms with Crippen molar-refractivity contribution in [2.24, 2.45) is 0 Å². The molecule has 0 aromatic carbocycles. The van der Waals surface area contributed by atoms with Crippen molar-refractivity contribution in [3.63, 3.8) is 0 Å². The molecular weight excluding hydrogens is 318 g/mol. The summed E-state index contributed by atoms with van der Waals surface area (Å²) in [6, 6.07) is 1.92. The van der Waals surface area contributed by atoms with Gasteiger partial charge in [0.25, 0.3) is 0 Å². The van der Waals surface area contributed by atoms with Gasteiger partial charge in [-0.15, -0.1) is 0 Å². The average Bonchev–Trinajstić information content (AvgIpc) is 3.13. The molecule has 7 nitrogen and oxygen atoms in total. The highest BCUT2D eigenvalue weighted by atomic mass is 16.5. The number of aryl methyl sites for hydroxylation is 3. The van der Waals surface area contributed by atoms with Crippen molar-refractivity contribution in [2.75, 3.05) is 19.7 Å². The van der Waals surface area contributed by atoms with Gasteiger partial charge in [-0.3, -0.25) is 4.79 Å². The third-order valence-electron chi connectivity index (χ3n) is 4.54. The summed E-state index contributed by atoms with van der Waals surface area (Å²) in [6.45, 7) is 4.70. The van der Waals surface area contributed by atoms with Gasteiger partial charge in [-0.1, -0.05) is 6.92 Å². The summed E-state index contributed by atoms with van der Waals surface area (Å²) in [7, 11) is 0. The van der Waals surface area contributed by atoms with Crippen LogP contribution in [0.3, 0.4) is 0 Å². The number of nitrogens with zero attached hydrogens (tertiary/aromatic N) is 5. The standard InChI is InChI=1S/C18H25N5O2/c1-2-17-20-8-10-22(17)9-6-18(24)23-11-12-25-16(13-23)4-3-15-5-7-19-14-21-15/h5,7-8,10,14,16H,2-4,6,9,11-13H2,1H3. The van der Waals surface area contributed by atoms with E-state index < -0.39 is 0 Å².